The highest BCUT2D eigenvalue weighted by Crippen LogP contribution is 2.25. The van der Waals surface area contributed by atoms with Gasteiger partial charge >= 0.3 is 0 Å². The molecular formula is C21H23N3O3. The topological polar surface area (TPSA) is 65.8 Å². The quantitative estimate of drug-likeness (QED) is 0.815. The molecule has 0 spiro atoms. The van der Waals surface area contributed by atoms with Gasteiger partial charge in [-0.1, -0.05) is 30.3 Å². The molecular weight excluding hydrogens is 342 g/mol. The molecule has 2 aromatic carbocycles. The van der Waals surface area contributed by atoms with Crippen LogP contribution in [-0.4, -0.2) is 56.1 Å². The summed E-state index contributed by atoms with van der Waals surface area (Å²) >= 11 is 0. The Morgan fingerprint density at radius 1 is 1.00 bits per heavy atom. The summed E-state index contributed by atoms with van der Waals surface area (Å²) in [6, 6.07) is 17.0. The first-order valence-corrected chi connectivity index (χ1v) is 8.87. The Bertz CT molecular complexity index is 802. The van der Waals surface area contributed by atoms with E-state index in [1.54, 1.807) is 32.4 Å². The van der Waals surface area contributed by atoms with E-state index in [2.05, 4.69) is 11.0 Å². The number of benzene rings is 2. The Kier molecular flexibility index (Phi) is 5.94. The van der Waals surface area contributed by atoms with E-state index in [0.29, 0.717) is 43.2 Å². The molecule has 0 aromatic heterocycles. The fourth-order valence-electron chi connectivity index (χ4n) is 3.30. The normalized spacial score (nSPS) is 15.7. The second kappa shape index (κ2) is 8.56. The van der Waals surface area contributed by atoms with Crippen molar-refractivity contribution in [2.45, 2.75) is 6.04 Å². The number of nitriles is 1. The van der Waals surface area contributed by atoms with Crippen LogP contribution in [0.3, 0.4) is 0 Å². The second-order valence-electron chi connectivity index (χ2n) is 6.37. The zero-order valence-electron chi connectivity index (χ0n) is 15.6. The lowest BCUT2D eigenvalue weighted by atomic mass is 10.1. The predicted octanol–water partition coefficient (Wildman–Crippen LogP) is 2.73. The number of hydrogen-bond acceptors (Lipinski definition) is 5. The van der Waals surface area contributed by atoms with Crippen molar-refractivity contribution in [2.24, 2.45) is 0 Å². The molecule has 140 valence electrons. The maximum atomic E-state index is 12.9. The molecule has 2 aromatic rings. The fourth-order valence-corrected chi connectivity index (χ4v) is 3.30. The molecule has 1 atom stereocenters. The van der Waals surface area contributed by atoms with Crippen LogP contribution in [0.2, 0.25) is 0 Å². The van der Waals surface area contributed by atoms with Crippen molar-refractivity contribution in [3.05, 3.63) is 59.7 Å². The summed E-state index contributed by atoms with van der Waals surface area (Å²) < 4.78 is 10.5. The maximum Gasteiger partial charge on any atom is 0.254 e. The van der Waals surface area contributed by atoms with E-state index < -0.39 is 0 Å². The van der Waals surface area contributed by atoms with Gasteiger partial charge in [0.25, 0.3) is 5.91 Å². The minimum absolute atomic E-state index is 0.0555. The van der Waals surface area contributed by atoms with E-state index in [1.807, 2.05) is 35.2 Å². The van der Waals surface area contributed by atoms with Gasteiger partial charge < -0.3 is 14.4 Å². The molecule has 1 heterocycles. The first-order valence-electron chi connectivity index (χ1n) is 8.87. The molecule has 1 saturated heterocycles. The molecule has 1 amide bonds. The Hall–Kier alpha value is -3.04. The number of carbonyl (C=O) groups is 1. The van der Waals surface area contributed by atoms with Crippen LogP contribution in [0.1, 0.15) is 22.0 Å². The Balaban J connectivity index is 1.68. The lowest BCUT2D eigenvalue weighted by Crippen LogP contribution is -2.49. The SMILES string of the molecule is COc1cc(OC)cc(C(=O)N2CCN(C(C#N)c3ccccc3)CC2)c1. The van der Waals surface area contributed by atoms with Gasteiger partial charge in [-0.05, 0) is 17.7 Å². The summed E-state index contributed by atoms with van der Waals surface area (Å²) in [7, 11) is 3.13. The van der Waals surface area contributed by atoms with E-state index in [9.17, 15) is 10.1 Å². The van der Waals surface area contributed by atoms with Gasteiger partial charge in [-0.2, -0.15) is 5.26 Å². The van der Waals surface area contributed by atoms with Gasteiger partial charge in [0.15, 0.2) is 0 Å². The third kappa shape index (κ3) is 4.21. The van der Waals surface area contributed by atoms with Crippen molar-refractivity contribution in [1.29, 1.82) is 5.26 Å². The summed E-state index contributed by atoms with van der Waals surface area (Å²) in [5, 5.41) is 9.60. The summed E-state index contributed by atoms with van der Waals surface area (Å²) in [6.45, 7) is 2.45. The van der Waals surface area contributed by atoms with Crippen LogP contribution in [0.5, 0.6) is 11.5 Å². The molecule has 0 radical (unpaired) electrons. The van der Waals surface area contributed by atoms with E-state index >= 15 is 0 Å². The largest absolute Gasteiger partial charge is 0.497 e. The maximum absolute atomic E-state index is 12.9. The van der Waals surface area contributed by atoms with E-state index in [1.165, 1.54) is 0 Å². The third-order valence-corrected chi connectivity index (χ3v) is 4.80. The fraction of sp³-hybridized carbons (Fsp3) is 0.333. The highest BCUT2D eigenvalue weighted by atomic mass is 16.5. The summed E-state index contributed by atoms with van der Waals surface area (Å²) in [5.74, 6) is 1.12. The van der Waals surface area contributed by atoms with Crippen LogP contribution < -0.4 is 9.47 Å². The second-order valence-corrected chi connectivity index (χ2v) is 6.37. The molecule has 3 rings (SSSR count). The van der Waals surface area contributed by atoms with Gasteiger partial charge in [-0.25, -0.2) is 0 Å². The average Bonchev–Trinajstić information content (AvgIpc) is 2.74. The van der Waals surface area contributed by atoms with Crippen molar-refractivity contribution in [1.82, 2.24) is 9.80 Å². The number of nitrogens with zero attached hydrogens (tertiary/aromatic N) is 3. The van der Waals surface area contributed by atoms with Crippen molar-refractivity contribution in [2.75, 3.05) is 40.4 Å². The van der Waals surface area contributed by atoms with E-state index in [4.69, 9.17) is 9.47 Å². The van der Waals surface area contributed by atoms with Crippen LogP contribution in [0, 0.1) is 11.3 Å². The molecule has 1 fully saturated rings. The van der Waals surface area contributed by atoms with Crippen molar-refractivity contribution in [3.8, 4) is 17.6 Å². The lowest BCUT2D eigenvalue weighted by Gasteiger charge is -2.37. The van der Waals surface area contributed by atoms with E-state index in [0.717, 1.165) is 5.56 Å². The van der Waals surface area contributed by atoms with Crippen LogP contribution in [0.15, 0.2) is 48.5 Å². The molecule has 0 aliphatic carbocycles. The first-order chi connectivity index (χ1) is 13.2. The monoisotopic (exact) mass is 365 g/mol. The van der Waals surface area contributed by atoms with Gasteiger partial charge in [-0.3, -0.25) is 9.69 Å². The van der Waals surface area contributed by atoms with E-state index in [-0.39, 0.29) is 11.9 Å². The summed E-state index contributed by atoms with van der Waals surface area (Å²) in [5.41, 5.74) is 1.52. The Morgan fingerprint density at radius 2 is 1.59 bits per heavy atom. The number of rotatable bonds is 5. The van der Waals surface area contributed by atoms with Gasteiger partial charge in [0.2, 0.25) is 0 Å². The molecule has 6 nitrogen and oxygen atoms in total. The Morgan fingerprint density at radius 3 is 2.11 bits per heavy atom. The number of ether oxygens (including phenoxy) is 2. The molecule has 0 bridgehead atoms. The van der Waals surface area contributed by atoms with Crippen molar-refractivity contribution < 1.29 is 14.3 Å². The number of amides is 1. The molecule has 1 aliphatic heterocycles. The third-order valence-electron chi connectivity index (χ3n) is 4.80. The number of carbonyl (C=O) groups excluding carboxylic acids is 1. The van der Waals surface area contributed by atoms with Crippen LogP contribution >= 0.6 is 0 Å². The molecule has 6 heteroatoms. The number of methoxy groups -OCH3 is 2. The molecule has 1 unspecified atom stereocenters. The molecule has 0 N–H and O–H groups in total. The highest BCUT2D eigenvalue weighted by molar-refractivity contribution is 5.95. The van der Waals surface area contributed by atoms with Crippen LogP contribution in [-0.2, 0) is 0 Å². The molecule has 1 aliphatic rings. The molecule has 27 heavy (non-hydrogen) atoms. The van der Waals surface area contributed by atoms with Crippen LogP contribution in [0.25, 0.3) is 0 Å². The molecule has 0 saturated carbocycles. The smallest absolute Gasteiger partial charge is 0.254 e. The summed E-state index contributed by atoms with van der Waals surface area (Å²) in [4.78, 5) is 16.8. The predicted molar refractivity (Wildman–Crippen MR) is 102 cm³/mol. The van der Waals surface area contributed by atoms with Gasteiger partial charge in [0, 0.05) is 37.8 Å². The van der Waals surface area contributed by atoms with Crippen molar-refractivity contribution >= 4 is 5.91 Å². The van der Waals surface area contributed by atoms with Crippen LogP contribution in [0.4, 0.5) is 0 Å². The lowest BCUT2D eigenvalue weighted by molar-refractivity contribution is 0.0605. The Labute approximate surface area is 159 Å². The van der Waals surface area contributed by atoms with Gasteiger partial charge in [0.05, 0.1) is 20.3 Å². The number of piperazine rings is 1. The zero-order valence-corrected chi connectivity index (χ0v) is 15.6. The minimum Gasteiger partial charge on any atom is -0.497 e. The van der Waals surface area contributed by atoms with Gasteiger partial charge in [-0.15, -0.1) is 0 Å². The number of hydrogen-bond donors (Lipinski definition) is 0. The zero-order chi connectivity index (χ0) is 19.2. The van der Waals surface area contributed by atoms with Crippen molar-refractivity contribution in [3.63, 3.8) is 0 Å². The van der Waals surface area contributed by atoms with Gasteiger partial charge in [0.1, 0.15) is 17.5 Å². The minimum atomic E-state index is -0.291. The average molecular weight is 365 g/mol. The summed E-state index contributed by atoms with van der Waals surface area (Å²) in [6.07, 6.45) is 0. The highest BCUT2D eigenvalue weighted by Gasteiger charge is 2.27. The standard InChI is InChI=1S/C21H23N3O3/c1-26-18-12-17(13-19(14-18)27-2)21(25)24-10-8-23(9-11-24)20(15-22)16-6-4-3-5-7-16/h3-7,12-14,20H,8-11H2,1-2H3. The first kappa shape index (κ1) is 18.7.